The number of rotatable bonds is 9. The molecule has 0 saturated heterocycles. The molecule has 0 heterocycles. The van der Waals surface area contributed by atoms with E-state index in [4.69, 9.17) is 5.11 Å². The average Bonchev–Trinajstić information content (AvgIpc) is 2.47. The van der Waals surface area contributed by atoms with E-state index in [1.54, 1.807) is 36.0 Å². The summed E-state index contributed by atoms with van der Waals surface area (Å²) in [4.78, 5) is 33.5. The molecule has 6 nitrogen and oxygen atoms in total. The van der Waals surface area contributed by atoms with E-state index in [2.05, 4.69) is 17.6 Å². The van der Waals surface area contributed by atoms with Gasteiger partial charge in [0.2, 0.25) is 11.8 Å². The molecule has 1 aromatic rings. The summed E-state index contributed by atoms with van der Waals surface area (Å²) in [5.41, 5.74) is 1.43. The van der Waals surface area contributed by atoms with Crippen LogP contribution in [-0.2, 0) is 20.8 Å². The first-order valence-electron chi connectivity index (χ1n) is 6.96. The fourth-order valence-electron chi connectivity index (χ4n) is 1.63. The zero-order chi connectivity index (χ0) is 16.4. The van der Waals surface area contributed by atoms with Crippen LogP contribution in [0, 0.1) is 0 Å². The molecule has 0 aliphatic rings. The normalized spacial score (nSPS) is 10.0. The van der Waals surface area contributed by atoms with Gasteiger partial charge in [0.1, 0.15) is 6.54 Å². The van der Waals surface area contributed by atoms with Gasteiger partial charge < -0.3 is 15.7 Å². The molecular formula is C15H20N2O4S. The fraction of sp³-hybridized carbons (Fsp3) is 0.400. The SMILES string of the molecule is CCCSCC(=O)Nc1ccc(CC(=O)NCC(=O)O)cc1. The third-order valence-electron chi connectivity index (χ3n) is 2.62. The highest BCUT2D eigenvalue weighted by Crippen LogP contribution is 2.11. The predicted octanol–water partition coefficient (Wildman–Crippen LogP) is 1.51. The summed E-state index contributed by atoms with van der Waals surface area (Å²) in [5, 5.41) is 13.5. The second-order valence-corrected chi connectivity index (χ2v) is 5.75. The molecular weight excluding hydrogens is 304 g/mol. The van der Waals surface area contributed by atoms with Crippen molar-refractivity contribution in [2.75, 3.05) is 23.4 Å². The molecule has 0 unspecified atom stereocenters. The van der Waals surface area contributed by atoms with Crippen LogP contribution < -0.4 is 10.6 Å². The number of carboxylic acids is 1. The fourth-order valence-corrected chi connectivity index (χ4v) is 2.32. The third kappa shape index (κ3) is 7.68. The number of carbonyl (C=O) groups is 3. The maximum atomic E-state index is 11.6. The van der Waals surface area contributed by atoms with Crippen molar-refractivity contribution in [2.24, 2.45) is 0 Å². The van der Waals surface area contributed by atoms with E-state index < -0.39 is 5.97 Å². The van der Waals surface area contributed by atoms with Crippen LogP contribution in [0.15, 0.2) is 24.3 Å². The lowest BCUT2D eigenvalue weighted by Gasteiger charge is -2.07. The number of aliphatic carboxylic acids is 1. The predicted molar refractivity (Wildman–Crippen MR) is 87.0 cm³/mol. The Labute approximate surface area is 133 Å². The van der Waals surface area contributed by atoms with Gasteiger partial charge in [-0.1, -0.05) is 19.1 Å². The van der Waals surface area contributed by atoms with Gasteiger partial charge in [-0.15, -0.1) is 0 Å². The molecule has 0 aliphatic carbocycles. The van der Waals surface area contributed by atoms with Crippen molar-refractivity contribution >= 4 is 35.2 Å². The zero-order valence-electron chi connectivity index (χ0n) is 12.4. The van der Waals surface area contributed by atoms with E-state index in [1.807, 2.05) is 0 Å². The lowest BCUT2D eigenvalue weighted by molar-refractivity contribution is -0.137. The monoisotopic (exact) mass is 324 g/mol. The number of carbonyl (C=O) groups excluding carboxylic acids is 2. The minimum atomic E-state index is -1.08. The number of nitrogens with one attached hydrogen (secondary N) is 2. The Balaban J connectivity index is 2.40. The van der Waals surface area contributed by atoms with E-state index in [9.17, 15) is 14.4 Å². The highest BCUT2D eigenvalue weighted by Gasteiger charge is 2.06. The highest BCUT2D eigenvalue weighted by molar-refractivity contribution is 7.99. The van der Waals surface area contributed by atoms with Crippen LogP contribution in [-0.4, -0.2) is 40.9 Å². The Kier molecular flexibility index (Phi) is 8.06. The van der Waals surface area contributed by atoms with Crippen LogP contribution in [0.25, 0.3) is 0 Å². The molecule has 0 aliphatic heterocycles. The smallest absolute Gasteiger partial charge is 0.322 e. The van der Waals surface area contributed by atoms with Crippen LogP contribution in [0.4, 0.5) is 5.69 Å². The molecule has 3 N–H and O–H groups in total. The van der Waals surface area contributed by atoms with E-state index in [0.29, 0.717) is 11.4 Å². The van der Waals surface area contributed by atoms with Crippen molar-refractivity contribution in [1.82, 2.24) is 5.32 Å². The van der Waals surface area contributed by atoms with Gasteiger partial charge >= 0.3 is 5.97 Å². The van der Waals surface area contributed by atoms with Crippen LogP contribution in [0.5, 0.6) is 0 Å². The molecule has 0 saturated carbocycles. The quantitative estimate of drug-likeness (QED) is 0.599. The number of thioether (sulfide) groups is 1. The van der Waals surface area contributed by atoms with Gasteiger partial charge in [-0.05, 0) is 29.9 Å². The minimum Gasteiger partial charge on any atom is -0.480 e. The van der Waals surface area contributed by atoms with Crippen molar-refractivity contribution in [3.63, 3.8) is 0 Å². The Bertz CT molecular complexity index is 517. The Morgan fingerprint density at radius 2 is 1.82 bits per heavy atom. The second-order valence-electron chi connectivity index (χ2n) is 4.64. The van der Waals surface area contributed by atoms with Gasteiger partial charge in [0.15, 0.2) is 0 Å². The van der Waals surface area contributed by atoms with Crippen molar-refractivity contribution in [2.45, 2.75) is 19.8 Å². The highest BCUT2D eigenvalue weighted by atomic mass is 32.2. The van der Waals surface area contributed by atoms with Crippen LogP contribution in [0.1, 0.15) is 18.9 Å². The number of anilines is 1. The zero-order valence-corrected chi connectivity index (χ0v) is 13.2. The number of hydrogen-bond acceptors (Lipinski definition) is 4. The summed E-state index contributed by atoms with van der Waals surface area (Å²) in [6.07, 6.45) is 1.14. The lowest BCUT2D eigenvalue weighted by Crippen LogP contribution is -2.30. The first-order chi connectivity index (χ1) is 10.5. The van der Waals surface area contributed by atoms with Gasteiger partial charge in [-0.2, -0.15) is 11.8 Å². The lowest BCUT2D eigenvalue weighted by atomic mass is 10.1. The molecule has 0 bridgehead atoms. The first kappa shape index (κ1) is 18.0. The molecule has 0 spiro atoms. The Morgan fingerprint density at radius 3 is 2.41 bits per heavy atom. The van der Waals surface area contributed by atoms with Crippen molar-refractivity contribution in [3.8, 4) is 0 Å². The summed E-state index contributed by atoms with van der Waals surface area (Å²) < 4.78 is 0. The molecule has 7 heteroatoms. The van der Waals surface area contributed by atoms with Crippen LogP contribution in [0.3, 0.4) is 0 Å². The molecule has 0 aromatic heterocycles. The summed E-state index contributed by atoms with van der Waals surface area (Å²) in [5.74, 6) is -0.0988. The average molecular weight is 324 g/mol. The molecule has 22 heavy (non-hydrogen) atoms. The van der Waals surface area contributed by atoms with Crippen LogP contribution in [0.2, 0.25) is 0 Å². The Hall–Kier alpha value is -2.02. The summed E-state index contributed by atoms with van der Waals surface area (Å²) in [6.45, 7) is 1.68. The first-order valence-corrected chi connectivity index (χ1v) is 8.11. The summed E-state index contributed by atoms with van der Waals surface area (Å²) in [7, 11) is 0. The summed E-state index contributed by atoms with van der Waals surface area (Å²) >= 11 is 1.59. The van der Waals surface area contributed by atoms with Gasteiger partial charge in [-0.25, -0.2) is 0 Å². The summed E-state index contributed by atoms with van der Waals surface area (Å²) in [6, 6.07) is 6.91. The molecule has 2 amide bonds. The van der Waals surface area contributed by atoms with Gasteiger partial charge in [0.25, 0.3) is 0 Å². The van der Waals surface area contributed by atoms with E-state index in [-0.39, 0.29) is 24.8 Å². The largest absolute Gasteiger partial charge is 0.480 e. The maximum Gasteiger partial charge on any atom is 0.322 e. The molecule has 120 valence electrons. The second kappa shape index (κ2) is 9.83. The van der Waals surface area contributed by atoms with Gasteiger partial charge in [0.05, 0.1) is 12.2 Å². The van der Waals surface area contributed by atoms with E-state index in [0.717, 1.165) is 17.7 Å². The van der Waals surface area contributed by atoms with Gasteiger partial charge in [0, 0.05) is 5.69 Å². The minimum absolute atomic E-state index is 0.0506. The van der Waals surface area contributed by atoms with Crippen molar-refractivity contribution < 1.29 is 19.5 Å². The molecule has 0 fully saturated rings. The van der Waals surface area contributed by atoms with Gasteiger partial charge in [-0.3, -0.25) is 14.4 Å². The van der Waals surface area contributed by atoms with Crippen LogP contribution >= 0.6 is 11.8 Å². The number of carboxylic acid groups (broad SMARTS) is 1. The molecule has 1 rings (SSSR count). The molecule has 1 aromatic carbocycles. The number of benzene rings is 1. The molecule has 0 atom stereocenters. The number of hydrogen-bond donors (Lipinski definition) is 3. The Morgan fingerprint density at radius 1 is 1.14 bits per heavy atom. The third-order valence-corrected chi connectivity index (χ3v) is 3.78. The topological polar surface area (TPSA) is 95.5 Å². The maximum absolute atomic E-state index is 11.6. The van der Waals surface area contributed by atoms with E-state index in [1.165, 1.54) is 0 Å². The van der Waals surface area contributed by atoms with Crippen molar-refractivity contribution in [1.29, 1.82) is 0 Å². The van der Waals surface area contributed by atoms with E-state index >= 15 is 0 Å². The molecule has 0 radical (unpaired) electrons. The standard InChI is InChI=1S/C15H20N2O4S/c1-2-7-22-10-14(19)17-12-5-3-11(4-6-12)8-13(18)16-9-15(20)21/h3-6H,2,7-10H2,1H3,(H,16,18)(H,17,19)(H,20,21). The number of amides is 2. The van der Waals surface area contributed by atoms with Crippen molar-refractivity contribution in [3.05, 3.63) is 29.8 Å².